The first kappa shape index (κ1) is 15.5. The Kier molecular flexibility index (Phi) is 5.83. The van der Waals surface area contributed by atoms with Crippen molar-refractivity contribution in [1.29, 1.82) is 0 Å². The van der Waals surface area contributed by atoms with E-state index >= 15 is 0 Å². The normalized spacial score (nSPS) is 11.2. The van der Waals surface area contributed by atoms with Gasteiger partial charge in [0.1, 0.15) is 5.75 Å². The van der Waals surface area contributed by atoms with Crippen molar-refractivity contribution in [1.82, 2.24) is 5.32 Å². The molecule has 0 fully saturated rings. The number of hydrogen-bond acceptors (Lipinski definition) is 3. The zero-order valence-corrected chi connectivity index (χ0v) is 11.9. The van der Waals surface area contributed by atoms with Crippen LogP contribution in [0, 0.1) is 5.41 Å². The van der Waals surface area contributed by atoms with Gasteiger partial charge in [0.05, 0.1) is 13.7 Å². The molecular weight excluding hydrogens is 242 g/mol. The van der Waals surface area contributed by atoms with E-state index in [1.807, 2.05) is 13.8 Å². The fourth-order valence-electron chi connectivity index (χ4n) is 1.89. The number of benzene rings is 1. The second-order valence-corrected chi connectivity index (χ2v) is 4.78. The summed E-state index contributed by atoms with van der Waals surface area (Å²) in [4.78, 5) is 12.0. The number of rotatable bonds is 7. The van der Waals surface area contributed by atoms with E-state index in [-0.39, 0.29) is 17.9 Å². The van der Waals surface area contributed by atoms with Gasteiger partial charge in [-0.15, -0.1) is 0 Å². The van der Waals surface area contributed by atoms with Crippen LogP contribution in [-0.2, 0) is 0 Å². The van der Waals surface area contributed by atoms with Crippen LogP contribution in [0.1, 0.15) is 37.0 Å². The highest BCUT2D eigenvalue weighted by Gasteiger charge is 2.25. The summed E-state index contributed by atoms with van der Waals surface area (Å²) in [6, 6.07) is 6.97. The van der Waals surface area contributed by atoms with Crippen molar-refractivity contribution in [3.05, 3.63) is 29.8 Å². The smallest absolute Gasteiger partial charge is 0.251 e. The monoisotopic (exact) mass is 265 g/mol. The van der Waals surface area contributed by atoms with Gasteiger partial charge < -0.3 is 15.2 Å². The first-order chi connectivity index (χ1) is 9.10. The third-order valence-corrected chi connectivity index (χ3v) is 3.81. The van der Waals surface area contributed by atoms with Crippen molar-refractivity contribution in [2.75, 3.05) is 20.3 Å². The van der Waals surface area contributed by atoms with Crippen molar-refractivity contribution in [2.24, 2.45) is 5.41 Å². The van der Waals surface area contributed by atoms with Gasteiger partial charge in [0, 0.05) is 17.5 Å². The average molecular weight is 265 g/mol. The maximum absolute atomic E-state index is 12.0. The summed E-state index contributed by atoms with van der Waals surface area (Å²) in [5.41, 5.74) is 0.377. The third-order valence-electron chi connectivity index (χ3n) is 3.81. The highest BCUT2D eigenvalue weighted by atomic mass is 16.5. The second kappa shape index (κ2) is 7.14. The minimum absolute atomic E-state index is 0.0862. The number of aliphatic hydroxyl groups is 1. The summed E-state index contributed by atoms with van der Waals surface area (Å²) in [6.07, 6.45) is 1.67. The van der Waals surface area contributed by atoms with Crippen LogP contribution in [0.3, 0.4) is 0 Å². The van der Waals surface area contributed by atoms with Crippen molar-refractivity contribution < 1.29 is 14.6 Å². The highest BCUT2D eigenvalue weighted by molar-refractivity contribution is 5.94. The molecular formula is C15H23NO3. The van der Waals surface area contributed by atoms with Crippen LogP contribution in [0.15, 0.2) is 24.3 Å². The molecule has 0 bridgehead atoms. The molecule has 0 saturated carbocycles. The first-order valence-corrected chi connectivity index (χ1v) is 6.64. The standard InChI is InChI=1S/C15H23NO3/c1-4-15(5-2,11-17)10-16-14(18)12-6-8-13(19-3)9-7-12/h6-9,17H,4-5,10-11H2,1-3H3,(H,16,18). The summed E-state index contributed by atoms with van der Waals surface area (Å²) in [5, 5.41) is 12.4. The number of nitrogens with one attached hydrogen (secondary N) is 1. The number of ether oxygens (including phenoxy) is 1. The van der Waals surface area contributed by atoms with Gasteiger partial charge in [-0.3, -0.25) is 4.79 Å². The van der Waals surface area contributed by atoms with E-state index in [2.05, 4.69) is 5.32 Å². The van der Waals surface area contributed by atoms with Crippen LogP contribution >= 0.6 is 0 Å². The third kappa shape index (κ3) is 3.96. The Morgan fingerprint density at radius 1 is 1.26 bits per heavy atom. The van der Waals surface area contributed by atoms with Gasteiger partial charge in [-0.25, -0.2) is 0 Å². The van der Waals surface area contributed by atoms with Crippen LogP contribution in [0.25, 0.3) is 0 Å². The van der Waals surface area contributed by atoms with Crippen LogP contribution in [-0.4, -0.2) is 31.3 Å². The zero-order chi connectivity index (χ0) is 14.3. The lowest BCUT2D eigenvalue weighted by Crippen LogP contribution is -2.39. The van der Waals surface area contributed by atoms with E-state index in [9.17, 15) is 9.90 Å². The van der Waals surface area contributed by atoms with Crippen molar-refractivity contribution in [2.45, 2.75) is 26.7 Å². The summed E-state index contributed by atoms with van der Waals surface area (Å²) >= 11 is 0. The SMILES string of the molecule is CCC(CC)(CO)CNC(=O)c1ccc(OC)cc1. The fourth-order valence-corrected chi connectivity index (χ4v) is 1.89. The van der Waals surface area contributed by atoms with Gasteiger partial charge in [0.2, 0.25) is 0 Å². The lowest BCUT2D eigenvalue weighted by atomic mass is 9.83. The largest absolute Gasteiger partial charge is 0.497 e. The number of methoxy groups -OCH3 is 1. The Hall–Kier alpha value is -1.55. The van der Waals surface area contributed by atoms with E-state index in [0.717, 1.165) is 18.6 Å². The molecule has 0 heterocycles. The van der Waals surface area contributed by atoms with Crippen LogP contribution in [0.5, 0.6) is 5.75 Å². The topological polar surface area (TPSA) is 58.6 Å². The summed E-state index contributed by atoms with van der Waals surface area (Å²) in [7, 11) is 1.59. The quantitative estimate of drug-likeness (QED) is 0.794. The molecule has 4 nitrogen and oxygen atoms in total. The molecule has 2 N–H and O–H groups in total. The number of amides is 1. The highest BCUT2D eigenvalue weighted by Crippen LogP contribution is 2.24. The molecule has 0 aliphatic rings. The first-order valence-electron chi connectivity index (χ1n) is 6.64. The maximum Gasteiger partial charge on any atom is 0.251 e. The van der Waals surface area contributed by atoms with Crippen LogP contribution in [0.2, 0.25) is 0 Å². The lowest BCUT2D eigenvalue weighted by molar-refractivity contribution is 0.0851. The Bertz CT molecular complexity index is 388. The Labute approximate surface area is 114 Å². The average Bonchev–Trinajstić information content (AvgIpc) is 2.49. The van der Waals surface area contributed by atoms with Gasteiger partial charge in [0.15, 0.2) is 0 Å². The molecule has 0 spiro atoms. The van der Waals surface area contributed by atoms with E-state index in [1.165, 1.54) is 0 Å². The van der Waals surface area contributed by atoms with Crippen molar-refractivity contribution >= 4 is 5.91 Å². The molecule has 19 heavy (non-hydrogen) atoms. The van der Waals surface area contributed by atoms with Gasteiger partial charge in [-0.1, -0.05) is 13.8 Å². The number of carbonyl (C=O) groups is 1. The zero-order valence-electron chi connectivity index (χ0n) is 11.9. The molecule has 1 amide bonds. The molecule has 0 atom stereocenters. The number of carbonyl (C=O) groups excluding carboxylic acids is 1. The molecule has 0 unspecified atom stereocenters. The molecule has 106 valence electrons. The summed E-state index contributed by atoms with van der Waals surface area (Å²) in [5.74, 6) is 0.603. The molecule has 0 saturated heterocycles. The van der Waals surface area contributed by atoms with Crippen molar-refractivity contribution in [3.8, 4) is 5.75 Å². The number of hydrogen-bond donors (Lipinski definition) is 2. The molecule has 0 radical (unpaired) electrons. The molecule has 0 aliphatic heterocycles. The van der Waals surface area contributed by atoms with Gasteiger partial charge in [-0.2, -0.15) is 0 Å². The van der Waals surface area contributed by atoms with E-state index in [4.69, 9.17) is 4.74 Å². The number of aliphatic hydroxyl groups excluding tert-OH is 1. The maximum atomic E-state index is 12.0. The molecule has 0 aromatic heterocycles. The Balaban J connectivity index is 2.63. The van der Waals surface area contributed by atoms with Gasteiger partial charge in [-0.05, 0) is 37.1 Å². The minimum atomic E-state index is -0.220. The Morgan fingerprint density at radius 2 is 1.84 bits per heavy atom. The molecule has 1 aromatic rings. The summed E-state index contributed by atoms with van der Waals surface area (Å²) < 4.78 is 5.05. The van der Waals surface area contributed by atoms with Gasteiger partial charge in [0.25, 0.3) is 5.91 Å². The van der Waals surface area contributed by atoms with E-state index in [1.54, 1.807) is 31.4 Å². The van der Waals surface area contributed by atoms with E-state index < -0.39 is 0 Å². The molecule has 1 rings (SSSR count). The Morgan fingerprint density at radius 3 is 2.26 bits per heavy atom. The van der Waals surface area contributed by atoms with E-state index in [0.29, 0.717) is 12.1 Å². The van der Waals surface area contributed by atoms with Gasteiger partial charge >= 0.3 is 0 Å². The minimum Gasteiger partial charge on any atom is -0.497 e. The summed E-state index contributed by atoms with van der Waals surface area (Å²) in [6.45, 7) is 4.63. The predicted molar refractivity (Wildman–Crippen MR) is 75.4 cm³/mol. The molecule has 1 aromatic carbocycles. The fraction of sp³-hybridized carbons (Fsp3) is 0.533. The van der Waals surface area contributed by atoms with Crippen LogP contribution in [0.4, 0.5) is 0 Å². The lowest BCUT2D eigenvalue weighted by Gasteiger charge is -2.29. The molecule has 4 heteroatoms. The second-order valence-electron chi connectivity index (χ2n) is 4.78. The predicted octanol–water partition coefficient (Wildman–Crippen LogP) is 2.22. The van der Waals surface area contributed by atoms with Crippen LogP contribution < -0.4 is 10.1 Å². The van der Waals surface area contributed by atoms with Crippen molar-refractivity contribution in [3.63, 3.8) is 0 Å². The molecule has 0 aliphatic carbocycles.